The second-order valence-corrected chi connectivity index (χ2v) is 9.29. The number of nitrogens with one attached hydrogen (secondary N) is 1. The van der Waals surface area contributed by atoms with Gasteiger partial charge in [-0.05, 0) is 67.7 Å². The Morgan fingerprint density at radius 1 is 0.829 bits per heavy atom. The highest BCUT2D eigenvalue weighted by atomic mass is 16.2. The summed E-state index contributed by atoms with van der Waals surface area (Å²) >= 11 is 0. The van der Waals surface area contributed by atoms with Gasteiger partial charge in [-0.2, -0.15) is 0 Å². The Labute approximate surface area is 208 Å². The zero-order chi connectivity index (χ0) is 24.5. The van der Waals surface area contributed by atoms with Crippen LogP contribution in [-0.4, -0.2) is 42.9 Å². The summed E-state index contributed by atoms with van der Waals surface area (Å²) in [6, 6.07) is 25.5. The quantitative estimate of drug-likeness (QED) is 0.481. The maximum atomic E-state index is 13.5. The van der Waals surface area contributed by atoms with Gasteiger partial charge >= 0.3 is 0 Å². The van der Waals surface area contributed by atoms with Crippen LogP contribution in [0.15, 0.2) is 78.9 Å². The summed E-state index contributed by atoms with van der Waals surface area (Å²) in [5.41, 5.74) is 4.46. The molecular formula is C30H35N3O2. The van der Waals surface area contributed by atoms with E-state index in [9.17, 15) is 9.59 Å². The first-order valence-electron chi connectivity index (χ1n) is 12.6. The van der Waals surface area contributed by atoms with E-state index in [0.29, 0.717) is 25.1 Å². The maximum absolute atomic E-state index is 13.5. The largest absolute Gasteiger partial charge is 0.355 e. The van der Waals surface area contributed by atoms with Crippen molar-refractivity contribution in [3.8, 4) is 0 Å². The summed E-state index contributed by atoms with van der Waals surface area (Å²) in [6.07, 6.45) is 4.17. The first kappa shape index (κ1) is 24.7. The molecule has 0 radical (unpaired) electrons. The van der Waals surface area contributed by atoms with Crippen molar-refractivity contribution >= 4 is 17.5 Å². The number of likely N-dealkylation sites (tertiary alicyclic amines) is 1. The number of piperidine rings is 1. The van der Waals surface area contributed by atoms with Crippen molar-refractivity contribution in [2.75, 3.05) is 31.1 Å². The van der Waals surface area contributed by atoms with Gasteiger partial charge in [-0.3, -0.25) is 9.59 Å². The van der Waals surface area contributed by atoms with Crippen LogP contribution in [0.5, 0.6) is 0 Å². The molecule has 1 saturated heterocycles. The Morgan fingerprint density at radius 3 is 2.23 bits per heavy atom. The molecule has 0 aliphatic carbocycles. The van der Waals surface area contributed by atoms with Crippen molar-refractivity contribution in [3.05, 3.63) is 101 Å². The third-order valence-electron chi connectivity index (χ3n) is 6.62. The van der Waals surface area contributed by atoms with Crippen LogP contribution in [-0.2, 0) is 17.8 Å². The van der Waals surface area contributed by atoms with E-state index in [1.165, 1.54) is 19.3 Å². The van der Waals surface area contributed by atoms with Crippen LogP contribution >= 0.6 is 0 Å². The van der Waals surface area contributed by atoms with Gasteiger partial charge in [-0.25, -0.2) is 0 Å². The fourth-order valence-corrected chi connectivity index (χ4v) is 4.58. The Morgan fingerprint density at radius 2 is 1.51 bits per heavy atom. The average Bonchev–Trinajstić information content (AvgIpc) is 2.89. The summed E-state index contributed by atoms with van der Waals surface area (Å²) in [4.78, 5) is 30.2. The summed E-state index contributed by atoms with van der Waals surface area (Å²) < 4.78 is 0. The molecule has 0 bridgehead atoms. The second kappa shape index (κ2) is 12.3. The first-order valence-corrected chi connectivity index (χ1v) is 12.6. The lowest BCUT2D eigenvalue weighted by atomic mass is 10.1. The molecule has 182 valence electrons. The number of hydrogen-bond acceptors (Lipinski definition) is 3. The van der Waals surface area contributed by atoms with Crippen LogP contribution < -0.4 is 10.2 Å². The molecular weight excluding hydrogens is 434 g/mol. The molecule has 0 spiro atoms. The molecule has 1 heterocycles. The second-order valence-electron chi connectivity index (χ2n) is 9.29. The smallest absolute Gasteiger partial charge is 0.258 e. The topological polar surface area (TPSA) is 52.7 Å². The number of hydrogen-bond donors (Lipinski definition) is 1. The zero-order valence-corrected chi connectivity index (χ0v) is 20.6. The molecule has 5 heteroatoms. The average molecular weight is 470 g/mol. The van der Waals surface area contributed by atoms with Crippen molar-refractivity contribution in [2.24, 2.45) is 0 Å². The Balaban J connectivity index is 1.41. The maximum Gasteiger partial charge on any atom is 0.258 e. The number of amides is 2. The van der Waals surface area contributed by atoms with E-state index < -0.39 is 0 Å². The monoisotopic (exact) mass is 469 g/mol. The molecule has 3 aromatic carbocycles. The van der Waals surface area contributed by atoms with E-state index in [2.05, 4.69) is 10.2 Å². The molecule has 4 rings (SSSR count). The first-order chi connectivity index (χ1) is 17.1. The molecule has 2 amide bonds. The number of rotatable bonds is 9. The number of carbonyl (C=O) groups is 2. The summed E-state index contributed by atoms with van der Waals surface area (Å²) in [6.45, 7) is 6.31. The summed E-state index contributed by atoms with van der Waals surface area (Å²) in [7, 11) is 0. The minimum atomic E-state index is -0.0323. The predicted octanol–water partition coefficient (Wildman–Crippen LogP) is 4.99. The lowest BCUT2D eigenvalue weighted by molar-refractivity contribution is -0.120. The van der Waals surface area contributed by atoms with Crippen LogP contribution in [0.25, 0.3) is 0 Å². The van der Waals surface area contributed by atoms with E-state index in [0.717, 1.165) is 42.0 Å². The van der Waals surface area contributed by atoms with E-state index >= 15 is 0 Å². The van der Waals surface area contributed by atoms with E-state index in [4.69, 9.17) is 0 Å². The SMILES string of the molecule is Cc1ccccc1C(=O)N(Cc1ccccc1)c1ccc(CC(=O)NCCN2CCCCC2)cc1. The summed E-state index contributed by atoms with van der Waals surface area (Å²) in [5.74, 6) is 0.00190. The highest BCUT2D eigenvalue weighted by molar-refractivity contribution is 6.07. The molecule has 0 aromatic heterocycles. The fourth-order valence-electron chi connectivity index (χ4n) is 4.58. The number of benzene rings is 3. The van der Waals surface area contributed by atoms with Crippen LogP contribution in [0, 0.1) is 6.92 Å². The van der Waals surface area contributed by atoms with Crippen LogP contribution in [0.4, 0.5) is 5.69 Å². The van der Waals surface area contributed by atoms with Crippen molar-refractivity contribution in [1.82, 2.24) is 10.2 Å². The minimum absolute atomic E-state index is 0.0323. The van der Waals surface area contributed by atoms with Crippen molar-refractivity contribution in [2.45, 2.75) is 39.2 Å². The Kier molecular flexibility index (Phi) is 8.68. The standard InChI is InChI=1S/C30H35N3O2/c1-24-10-6-7-13-28(24)30(35)33(23-26-11-4-2-5-12-26)27-16-14-25(15-17-27)22-29(34)31-18-21-32-19-8-3-9-20-32/h2,4-7,10-17H,3,8-9,18-23H2,1H3,(H,31,34). The zero-order valence-electron chi connectivity index (χ0n) is 20.6. The molecule has 1 aliphatic heterocycles. The van der Waals surface area contributed by atoms with Crippen LogP contribution in [0.1, 0.15) is 46.3 Å². The normalized spacial score (nSPS) is 13.9. The summed E-state index contributed by atoms with van der Waals surface area (Å²) in [5, 5.41) is 3.05. The lowest BCUT2D eigenvalue weighted by Crippen LogP contribution is -2.38. The van der Waals surface area contributed by atoms with E-state index in [1.54, 1.807) is 4.90 Å². The Hall–Kier alpha value is -3.44. The molecule has 0 unspecified atom stereocenters. The van der Waals surface area contributed by atoms with Crippen LogP contribution in [0.3, 0.4) is 0 Å². The van der Waals surface area contributed by atoms with Crippen molar-refractivity contribution in [1.29, 1.82) is 0 Å². The molecule has 35 heavy (non-hydrogen) atoms. The molecule has 1 fully saturated rings. The fraction of sp³-hybridized carbons (Fsp3) is 0.333. The van der Waals surface area contributed by atoms with Gasteiger partial charge < -0.3 is 15.1 Å². The van der Waals surface area contributed by atoms with Gasteiger partial charge in [-0.1, -0.05) is 67.1 Å². The van der Waals surface area contributed by atoms with Gasteiger partial charge in [0.25, 0.3) is 5.91 Å². The molecule has 3 aromatic rings. The van der Waals surface area contributed by atoms with Gasteiger partial charge in [-0.15, -0.1) is 0 Å². The molecule has 5 nitrogen and oxygen atoms in total. The van der Waals surface area contributed by atoms with Gasteiger partial charge in [0.15, 0.2) is 0 Å². The third kappa shape index (κ3) is 7.03. The highest BCUT2D eigenvalue weighted by Gasteiger charge is 2.20. The molecule has 1 aliphatic rings. The van der Waals surface area contributed by atoms with E-state index in [1.807, 2.05) is 85.8 Å². The number of carbonyl (C=O) groups excluding carboxylic acids is 2. The van der Waals surface area contributed by atoms with Crippen LogP contribution in [0.2, 0.25) is 0 Å². The van der Waals surface area contributed by atoms with Gasteiger partial charge in [0.1, 0.15) is 0 Å². The third-order valence-corrected chi connectivity index (χ3v) is 6.62. The number of aryl methyl sites for hydroxylation is 1. The highest BCUT2D eigenvalue weighted by Crippen LogP contribution is 2.22. The molecule has 0 saturated carbocycles. The van der Waals surface area contributed by atoms with Gasteiger partial charge in [0, 0.05) is 24.3 Å². The van der Waals surface area contributed by atoms with E-state index in [-0.39, 0.29) is 11.8 Å². The number of anilines is 1. The Bertz CT molecular complexity index is 1110. The minimum Gasteiger partial charge on any atom is -0.355 e. The lowest BCUT2D eigenvalue weighted by Gasteiger charge is -2.26. The molecule has 1 N–H and O–H groups in total. The molecule has 0 atom stereocenters. The number of nitrogens with zero attached hydrogens (tertiary/aromatic N) is 2. The van der Waals surface area contributed by atoms with Crippen molar-refractivity contribution in [3.63, 3.8) is 0 Å². The van der Waals surface area contributed by atoms with Gasteiger partial charge in [0.2, 0.25) is 5.91 Å². The predicted molar refractivity (Wildman–Crippen MR) is 142 cm³/mol. The van der Waals surface area contributed by atoms with Crippen molar-refractivity contribution < 1.29 is 9.59 Å². The van der Waals surface area contributed by atoms with Gasteiger partial charge in [0.05, 0.1) is 13.0 Å².